The zero-order valence-corrected chi connectivity index (χ0v) is 69.6. The summed E-state index contributed by atoms with van der Waals surface area (Å²) in [5.74, 6) is -8.35. The van der Waals surface area contributed by atoms with Crippen LogP contribution >= 0.6 is 0 Å². The summed E-state index contributed by atoms with van der Waals surface area (Å²) in [6, 6.07) is 8.35. The number of methoxy groups -OCH3 is 3. The van der Waals surface area contributed by atoms with Crippen LogP contribution in [0.4, 0.5) is 0 Å². The number of benzene rings is 2. The largest absolute Gasteiger partial charge is 0.465 e. The summed E-state index contributed by atoms with van der Waals surface area (Å²) in [6.45, 7) is 26.1. The second-order valence-electron chi connectivity index (χ2n) is 24.8. The van der Waals surface area contributed by atoms with Crippen molar-refractivity contribution in [3.8, 4) is 0 Å². The summed E-state index contributed by atoms with van der Waals surface area (Å²) in [5, 5.41) is 8.99. The molecule has 0 heterocycles. The number of esters is 17. The highest BCUT2D eigenvalue weighted by Gasteiger charge is 2.26. The number of ether oxygens (including phenoxy) is 17. The molecule has 0 saturated heterocycles. The molecule has 3 unspecified atom stereocenters. The molecule has 1 N–H and O–H groups in total. The molecule has 35 nitrogen and oxygen atoms in total. The van der Waals surface area contributed by atoms with Crippen LogP contribution in [0.2, 0.25) is 0 Å². The Morgan fingerprint density at radius 2 is 0.500 bits per heavy atom. The van der Waals surface area contributed by atoms with Crippen LogP contribution in [-0.4, -0.2) is 225 Å². The van der Waals surface area contributed by atoms with Gasteiger partial charge in [0, 0.05) is 76.2 Å². The first kappa shape index (κ1) is 110. The first-order chi connectivity index (χ1) is 53.6. The van der Waals surface area contributed by atoms with Crippen LogP contribution < -0.4 is 0 Å². The number of unbranched alkanes of at least 4 members (excludes halogenated alkanes) is 3. The molecule has 0 saturated carbocycles. The molecular weight excluding hydrogens is 1510 g/mol. The average Bonchev–Trinajstić information content (AvgIpc) is 0.819. The van der Waals surface area contributed by atoms with Crippen LogP contribution in [0.5, 0.6) is 0 Å². The van der Waals surface area contributed by atoms with Gasteiger partial charge in [-0.05, 0) is 73.4 Å². The maximum absolute atomic E-state index is 13.2. The Hall–Kier alpha value is -10.6. The van der Waals surface area contributed by atoms with E-state index in [2.05, 4.69) is 93.6 Å². The van der Waals surface area contributed by atoms with E-state index < -0.39 is 126 Å². The second-order valence-corrected chi connectivity index (χ2v) is 24.8. The Balaban J connectivity index is -0.000000682. The lowest BCUT2D eigenvalue weighted by atomic mass is 10.00. The number of aliphatic hydroxyl groups excluding tert-OH is 1. The quantitative estimate of drug-likeness (QED) is 0.0477. The molecule has 0 aliphatic rings. The number of aliphatic hydroxyl groups is 1. The Bertz CT molecular complexity index is 3090. The van der Waals surface area contributed by atoms with Crippen LogP contribution in [0.25, 0.3) is 0 Å². The van der Waals surface area contributed by atoms with E-state index in [1.807, 2.05) is 0 Å². The van der Waals surface area contributed by atoms with Crippen molar-refractivity contribution in [2.24, 2.45) is 17.8 Å². The van der Waals surface area contributed by atoms with E-state index in [9.17, 15) is 81.5 Å². The van der Waals surface area contributed by atoms with Crippen LogP contribution in [0.15, 0.2) is 36.4 Å². The van der Waals surface area contributed by atoms with Crippen LogP contribution in [0.1, 0.15) is 257 Å². The fraction of sp³-hybridized carbons (Fsp3) is 0.633. The molecule has 114 heavy (non-hydrogen) atoms. The first-order valence-electron chi connectivity index (χ1n) is 37.0. The minimum atomic E-state index is -0.946. The summed E-state index contributed by atoms with van der Waals surface area (Å²) < 4.78 is 81.5. The fourth-order valence-electron chi connectivity index (χ4n) is 8.68. The van der Waals surface area contributed by atoms with Crippen molar-refractivity contribution in [3.63, 3.8) is 0 Å². The maximum atomic E-state index is 13.2. The number of rotatable bonds is 43. The number of carbonyl (C=O) groups excluding carboxylic acids is 17. The van der Waals surface area contributed by atoms with Crippen molar-refractivity contribution >= 4 is 101 Å². The molecule has 0 aromatic heterocycles. The molecule has 0 aliphatic carbocycles. The van der Waals surface area contributed by atoms with Gasteiger partial charge in [-0.15, -0.1) is 0 Å². The van der Waals surface area contributed by atoms with E-state index in [0.29, 0.717) is 19.1 Å². The van der Waals surface area contributed by atoms with Crippen molar-refractivity contribution in [2.45, 2.75) is 219 Å². The van der Waals surface area contributed by atoms with Crippen LogP contribution in [0.3, 0.4) is 0 Å². The molecule has 2 aromatic carbocycles. The van der Waals surface area contributed by atoms with Gasteiger partial charge in [-0.1, -0.05) is 99.3 Å². The molecule has 0 fully saturated rings. The Labute approximate surface area is 666 Å². The van der Waals surface area contributed by atoms with E-state index in [0.717, 1.165) is 77.0 Å². The normalized spacial score (nSPS) is 10.9. The topological polar surface area (TPSA) is 467 Å². The van der Waals surface area contributed by atoms with Crippen molar-refractivity contribution in [3.05, 3.63) is 69.8 Å². The highest BCUT2D eigenvalue weighted by molar-refractivity contribution is 6.06. The molecule has 0 amide bonds. The third kappa shape index (κ3) is 60.1. The van der Waals surface area contributed by atoms with Gasteiger partial charge in [-0.25, -0.2) is 28.8 Å². The monoisotopic (exact) mass is 1630 g/mol. The summed E-state index contributed by atoms with van der Waals surface area (Å²) in [5.41, 5.74) is 0.531. The standard InChI is InChI=1S/C33H54O6.C12H12O6.3C9H14O6.C7H12O5/c1-7-13-16-25(10-4)22-37-31(34)28-19-20-29(32(35)38-23-26(11-5)17-14-8-2)30(21-28)33(36)39-24-27(12-6)18-15-9-3;1-16-10(13)7-4-5-8(11(14)17-2)9(6-7)12(15)18-3;3*1-6(10)13-4-9(15-8(3)12)5-14-7(2)11;1-5(8)11-3-7(10)4-12-6(2)9/h19-21,25-27H,7-18,22-24H2,1-6H3;4-6H,1-3H3;3*9H,4-5H2,1-3H3;7,10H,3-4H2,1-2H3. The molecule has 35 heteroatoms. The average molecular weight is 1630 g/mol. The van der Waals surface area contributed by atoms with Gasteiger partial charge >= 0.3 is 101 Å². The smallest absolute Gasteiger partial charge is 0.339 e. The Morgan fingerprint density at radius 3 is 0.746 bits per heavy atom. The van der Waals surface area contributed by atoms with Gasteiger partial charge in [-0.3, -0.25) is 52.7 Å². The van der Waals surface area contributed by atoms with Crippen LogP contribution in [0, 0.1) is 17.8 Å². The van der Waals surface area contributed by atoms with Gasteiger partial charge in [-0.2, -0.15) is 0 Å². The molecule has 0 spiro atoms. The lowest BCUT2D eigenvalue weighted by Gasteiger charge is -2.18. The molecule has 2 aromatic rings. The molecule has 0 bridgehead atoms. The zero-order valence-electron chi connectivity index (χ0n) is 69.6. The minimum absolute atomic E-state index is 0.0250. The lowest BCUT2D eigenvalue weighted by molar-refractivity contribution is -0.163. The van der Waals surface area contributed by atoms with E-state index >= 15 is 0 Å². The second kappa shape index (κ2) is 66.9. The molecule has 646 valence electrons. The number of hydrogen-bond donors (Lipinski definition) is 1. The van der Waals surface area contributed by atoms with Gasteiger partial charge in [0.05, 0.1) is 74.5 Å². The fourth-order valence-corrected chi connectivity index (χ4v) is 8.68. The number of hydrogen-bond acceptors (Lipinski definition) is 35. The van der Waals surface area contributed by atoms with E-state index in [1.54, 1.807) is 0 Å². The van der Waals surface area contributed by atoms with Gasteiger partial charge in [0.25, 0.3) is 0 Å². The van der Waals surface area contributed by atoms with E-state index in [1.165, 1.54) is 134 Å². The van der Waals surface area contributed by atoms with Crippen molar-refractivity contribution in [1.82, 2.24) is 0 Å². The highest BCUT2D eigenvalue weighted by atomic mass is 16.6. The van der Waals surface area contributed by atoms with Crippen molar-refractivity contribution in [2.75, 3.05) is 94.0 Å². The van der Waals surface area contributed by atoms with Gasteiger partial charge in [0.2, 0.25) is 0 Å². The predicted octanol–water partition coefficient (Wildman–Crippen LogP) is 9.46. The molecule has 0 aliphatic heterocycles. The summed E-state index contributed by atoms with van der Waals surface area (Å²) >= 11 is 0. The first-order valence-corrected chi connectivity index (χ1v) is 37.0. The zero-order chi connectivity index (χ0) is 87.8. The molecule has 0 radical (unpaired) electrons. The number of carbonyl (C=O) groups is 17. The SMILES string of the molecule is CC(=O)OCC(COC(C)=O)OC(C)=O.CC(=O)OCC(COC(C)=O)OC(C)=O.CC(=O)OCC(COC(C)=O)OC(C)=O.CC(=O)OCC(O)COC(C)=O.CCCCC(CC)COC(=O)c1ccc(C(=O)OCC(CC)CCCC)c(C(=O)OCC(CC)CCCC)c1.COC(=O)c1ccc(C(=O)OC)c(C(=O)OC)c1. The molecular formula is C79H120O35. The van der Waals surface area contributed by atoms with E-state index in [-0.39, 0.29) is 105 Å². The van der Waals surface area contributed by atoms with E-state index in [4.69, 9.17) is 33.5 Å². The van der Waals surface area contributed by atoms with Crippen molar-refractivity contribution < 1.29 is 167 Å². The lowest BCUT2D eigenvalue weighted by Crippen LogP contribution is -2.29. The van der Waals surface area contributed by atoms with Gasteiger partial charge in [0.15, 0.2) is 18.3 Å². The molecule has 2 rings (SSSR count). The summed E-state index contributed by atoms with van der Waals surface area (Å²) in [7, 11) is 3.58. The summed E-state index contributed by atoms with van der Waals surface area (Å²) in [4.78, 5) is 189. The maximum Gasteiger partial charge on any atom is 0.339 e. The van der Waals surface area contributed by atoms with Crippen molar-refractivity contribution in [1.29, 1.82) is 0 Å². The summed E-state index contributed by atoms with van der Waals surface area (Å²) in [6.07, 6.45) is 9.05. The minimum Gasteiger partial charge on any atom is -0.465 e. The Kier molecular flexibility index (Phi) is 64.4. The predicted molar refractivity (Wildman–Crippen MR) is 403 cm³/mol. The van der Waals surface area contributed by atoms with Crippen LogP contribution in [-0.2, 0) is 133 Å². The molecule has 3 atom stereocenters. The Morgan fingerprint density at radius 1 is 0.272 bits per heavy atom. The van der Waals surface area contributed by atoms with Gasteiger partial charge in [0.1, 0.15) is 59.0 Å². The van der Waals surface area contributed by atoms with Gasteiger partial charge < -0.3 is 85.6 Å². The highest BCUT2D eigenvalue weighted by Crippen LogP contribution is 2.22. The third-order valence-corrected chi connectivity index (χ3v) is 14.7. The third-order valence-electron chi connectivity index (χ3n) is 14.7.